The number of carbonyl (C=O) groups excluding carboxylic acids is 1. The van der Waals surface area contributed by atoms with E-state index < -0.39 is 166 Å². The Bertz CT molecular complexity index is 2090. The number of fused-ring (bicyclic) bond motifs is 7. The van der Waals surface area contributed by atoms with Crippen molar-refractivity contribution in [2.75, 3.05) is 26.4 Å². The van der Waals surface area contributed by atoms with Crippen molar-refractivity contribution in [2.24, 2.45) is 56.7 Å². The number of ether oxygens (including phenoxy) is 8. The van der Waals surface area contributed by atoms with Gasteiger partial charge >= 0.3 is 5.97 Å². The molecule has 9 aliphatic rings. The van der Waals surface area contributed by atoms with Gasteiger partial charge in [0.15, 0.2) is 18.9 Å². The molecule has 4 aliphatic heterocycles. The molecule has 77 heavy (non-hydrogen) atoms. The summed E-state index contributed by atoms with van der Waals surface area (Å²) in [7, 11) is 0. The summed E-state index contributed by atoms with van der Waals surface area (Å²) in [4.78, 5) is 15.1. The van der Waals surface area contributed by atoms with Crippen molar-refractivity contribution in [3.63, 3.8) is 0 Å². The Hall–Kier alpha value is -1.63. The Morgan fingerprint density at radius 1 is 0.558 bits per heavy atom. The first kappa shape index (κ1) is 60.0. The van der Waals surface area contributed by atoms with E-state index in [1.807, 2.05) is 13.8 Å². The standard InChI is InChI=1S/C54H88O23/c1-22(2)24-10-15-54(49(69)77-48-42(67)38(63)35(60)28(74-48)20-70-45-43(68)39(64)44(27(19-56)73-45)76-46-40(65)36(61)33(58)23(3)71-46)17-16-52(6)25(32(24)54)8-9-30-50(4)13-12-31(51(5,21-57)29(50)11-14-53(30,52)7)75-47-41(66)37(62)34(59)26(18-55)72-47/h23-48,55-68H,1,8-21H2,2-7H3/t23-,24+,25+,26-,27+,28+,29+,30+,31-,32-,33-,34-,35+,36+,37+,38-,39+,40-,41-,42+,43+,44+,45+,46+,47+,48-,50+,51-,52+,53+,54-/m0/s1. The molecule has 4 heterocycles. The molecule has 0 spiro atoms. The van der Waals surface area contributed by atoms with Gasteiger partial charge in [0.25, 0.3) is 0 Å². The van der Waals surface area contributed by atoms with Crippen molar-refractivity contribution in [3.05, 3.63) is 12.2 Å². The van der Waals surface area contributed by atoms with Crippen LogP contribution in [-0.2, 0) is 42.7 Å². The van der Waals surface area contributed by atoms with Crippen LogP contribution in [0.5, 0.6) is 0 Å². The number of aliphatic hydroxyl groups excluding tert-OH is 14. The molecular formula is C54H88O23. The quantitative estimate of drug-likeness (QED) is 0.0530. The van der Waals surface area contributed by atoms with Gasteiger partial charge in [-0.3, -0.25) is 4.79 Å². The SMILES string of the molecule is C=C(C)[C@H]1CC[C@]2(C(=O)O[C@@H]3O[C@H](CO[C@@H]4O[C@H](CO)[C@@H](O[C@H]5O[C@@H](C)[C@H](O)[C@@H](O)[C@@H]5O)[C@H](O)[C@H]4O)[C@@H](O)[C@H](O)[C@H]3O)CC[C@]3(C)[C@H](CC[C@@H]4[C@]5(C)CC[C@H](O[C@H]6O[C@@H](CO)[C@H](O)[C@@H](O)[C@@H]6O)[C@@](C)(CO)[C@@H]5CC[C@]43C)[C@H]12. The van der Waals surface area contributed by atoms with Crippen LogP contribution in [0.2, 0.25) is 0 Å². The number of hydrogen-bond acceptors (Lipinski definition) is 23. The maximum atomic E-state index is 15.1. The van der Waals surface area contributed by atoms with Gasteiger partial charge in [-0.1, -0.05) is 39.8 Å². The van der Waals surface area contributed by atoms with Crippen LogP contribution in [0.25, 0.3) is 0 Å². The Balaban J connectivity index is 0.886. The molecule has 5 aliphatic carbocycles. The summed E-state index contributed by atoms with van der Waals surface area (Å²) in [5, 5.41) is 150. The second-order valence-corrected chi connectivity index (χ2v) is 25.6. The van der Waals surface area contributed by atoms with Crippen molar-refractivity contribution in [1.29, 1.82) is 0 Å². The molecule has 5 saturated carbocycles. The second-order valence-electron chi connectivity index (χ2n) is 25.6. The van der Waals surface area contributed by atoms with Gasteiger partial charge in [-0.05, 0) is 124 Å². The van der Waals surface area contributed by atoms with E-state index in [-0.39, 0.29) is 52.4 Å². The molecule has 0 amide bonds. The number of rotatable bonds is 13. The van der Waals surface area contributed by atoms with Crippen molar-refractivity contribution in [3.8, 4) is 0 Å². The summed E-state index contributed by atoms with van der Waals surface area (Å²) in [5.41, 5.74) is -1.59. The van der Waals surface area contributed by atoms with Crippen molar-refractivity contribution in [1.82, 2.24) is 0 Å². The van der Waals surface area contributed by atoms with Crippen molar-refractivity contribution < 1.29 is 114 Å². The average molecular weight is 1110 g/mol. The van der Waals surface area contributed by atoms with Crippen LogP contribution < -0.4 is 0 Å². The Morgan fingerprint density at radius 2 is 1.14 bits per heavy atom. The molecule has 0 unspecified atom stereocenters. The third-order valence-corrected chi connectivity index (χ3v) is 21.9. The molecular weight excluding hydrogens is 1020 g/mol. The minimum atomic E-state index is -1.89. The molecule has 9 fully saturated rings. The fraction of sp³-hybridized carbons (Fsp3) is 0.944. The molecule has 23 heteroatoms. The maximum Gasteiger partial charge on any atom is 0.314 e. The summed E-state index contributed by atoms with van der Waals surface area (Å²) in [5.74, 6) is -0.592. The van der Waals surface area contributed by atoms with Crippen LogP contribution in [0.15, 0.2) is 12.2 Å². The number of allylic oxidation sites excluding steroid dienone is 1. The first-order valence-corrected chi connectivity index (χ1v) is 27.9. The van der Waals surface area contributed by atoms with Gasteiger partial charge < -0.3 is 109 Å². The zero-order chi connectivity index (χ0) is 56.2. The Kier molecular flexibility index (Phi) is 17.3. The first-order chi connectivity index (χ1) is 36.2. The lowest BCUT2D eigenvalue weighted by atomic mass is 9.32. The summed E-state index contributed by atoms with van der Waals surface area (Å²) in [6, 6.07) is 0. The normalized spacial score (nSPS) is 55.8. The Morgan fingerprint density at radius 3 is 1.78 bits per heavy atom. The third-order valence-electron chi connectivity index (χ3n) is 21.9. The van der Waals surface area contributed by atoms with Gasteiger partial charge in [0.1, 0.15) is 91.6 Å². The lowest BCUT2D eigenvalue weighted by Gasteiger charge is -2.73. The van der Waals surface area contributed by atoms with Crippen LogP contribution >= 0.6 is 0 Å². The van der Waals surface area contributed by atoms with E-state index in [0.29, 0.717) is 32.1 Å². The number of hydrogen-bond donors (Lipinski definition) is 14. The van der Waals surface area contributed by atoms with E-state index in [9.17, 15) is 71.5 Å². The van der Waals surface area contributed by atoms with Crippen molar-refractivity contribution in [2.45, 2.75) is 235 Å². The predicted octanol–water partition coefficient (Wildman–Crippen LogP) is -2.18. The van der Waals surface area contributed by atoms with Gasteiger partial charge in [0.05, 0.1) is 44.1 Å². The molecule has 0 bridgehead atoms. The summed E-state index contributed by atoms with van der Waals surface area (Å²) in [6.45, 7) is 14.7. The largest absolute Gasteiger partial charge is 0.432 e. The molecule has 9 rings (SSSR count). The average Bonchev–Trinajstić information content (AvgIpc) is 3.83. The van der Waals surface area contributed by atoms with E-state index >= 15 is 4.79 Å². The highest BCUT2D eigenvalue weighted by molar-refractivity contribution is 5.78. The Labute approximate surface area is 449 Å². The lowest BCUT2D eigenvalue weighted by Crippen LogP contribution is -2.68. The monoisotopic (exact) mass is 1100 g/mol. The van der Waals surface area contributed by atoms with Gasteiger partial charge in [-0.25, -0.2) is 0 Å². The molecule has 442 valence electrons. The molecule has 31 atom stereocenters. The van der Waals surface area contributed by atoms with Crippen LogP contribution in [0, 0.1) is 56.7 Å². The predicted molar refractivity (Wildman–Crippen MR) is 263 cm³/mol. The molecule has 0 aromatic rings. The van der Waals surface area contributed by atoms with Gasteiger partial charge in [0.2, 0.25) is 6.29 Å². The molecule has 4 saturated heterocycles. The van der Waals surface area contributed by atoms with Gasteiger partial charge in [-0.15, -0.1) is 0 Å². The van der Waals surface area contributed by atoms with E-state index in [1.165, 1.54) is 6.92 Å². The maximum absolute atomic E-state index is 15.1. The van der Waals surface area contributed by atoms with Crippen LogP contribution in [-0.4, -0.2) is 233 Å². The summed E-state index contributed by atoms with van der Waals surface area (Å²) < 4.78 is 47.1. The number of esters is 1. The molecule has 0 aromatic heterocycles. The molecule has 14 N–H and O–H groups in total. The van der Waals surface area contributed by atoms with Crippen LogP contribution in [0.4, 0.5) is 0 Å². The topological polar surface area (TPSA) is 374 Å². The minimum Gasteiger partial charge on any atom is -0.432 e. The highest BCUT2D eigenvalue weighted by Gasteiger charge is 2.73. The summed E-state index contributed by atoms with van der Waals surface area (Å²) in [6.07, 6.45) is -25.6. The number of carbonyl (C=O) groups is 1. The van der Waals surface area contributed by atoms with Gasteiger partial charge in [-0.2, -0.15) is 0 Å². The fourth-order valence-corrected chi connectivity index (χ4v) is 17.3. The van der Waals surface area contributed by atoms with E-state index in [2.05, 4.69) is 27.4 Å². The first-order valence-electron chi connectivity index (χ1n) is 27.9. The summed E-state index contributed by atoms with van der Waals surface area (Å²) >= 11 is 0. The van der Waals surface area contributed by atoms with Crippen LogP contribution in [0.3, 0.4) is 0 Å². The molecule has 0 radical (unpaired) electrons. The number of aliphatic hydroxyl groups is 14. The van der Waals surface area contributed by atoms with Crippen LogP contribution in [0.1, 0.15) is 106 Å². The van der Waals surface area contributed by atoms with E-state index in [1.54, 1.807) is 0 Å². The lowest BCUT2D eigenvalue weighted by molar-refractivity contribution is -0.361. The smallest absolute Gasteiger partial charge is 0.314 e. The van der Waals surface area contributed by atoms with E-state index in [4.69, 9.17) is 37.9 Å². The zero-order valence-electron chi connectivity index (χ0n) is 45.1. The second kappa shape index (κ2) is 22.2. The zero-order valence-corrected chi connectivity index (χ0v) is 45.1. The molecule has 23 nitrogen and oxygen atoms in total. The minimum absolute atomic E-state index is 0.00860. The highest BCUT2D eigenvalue weighted by atomic mass is 16.8. The molecule has 0 aromatic carbocycles. The fourth-order valence-electron chi connectivity index (χ4n) is 17.3. The third kappa shape index (κ3) is 9.61. The highest BCUT2D eigenvalue weighted by Crippen LogP contribution is 2.78. The van der Waals surface area contributed by atoms with Gasteiger partial charge in [0, 0.05) is 5.41 Å². The van der Waals surface area contributed by atoms with Crippen molar-refractivity contribution >= 4 is 5.97 Å². The van der Waals surface area contributed by atoms with E-state index in [0.717, 1.165) is 37.7 Å².